The van der Waals surface area contributed by atoms with E-state index >= 15 is 0 Å². The van der Waals surface area contributed by atoms with Gasteiger partial charge in [-0.3, -0.25) is 4.31 Å². The van der Waals surface area contributed by atoms with Gasteiger partial charge in [-0.1, -0.05) is 12.1 Å². The summed E-state index contributed by atoms with van der Waals surface area (Å²) in [6, 6.07) is 7.49. The van der Waals surface area contributed by atoms with Crippen LogP contribution in [-0.4, -0.2) is 7.05 Å². The minimum Gasteiger partial charge on any atom is -0.397 e. The number of benzene rings is 1. The summed E-state index contributed by atoms with van der Waals surface area (Å²) in [6.07, 6.45) is 0. The standard InChI is InChI=1S/C7H11N3OS.H2S/c1-10(12-11-9)7-5-3-2-4-6(7)8;/h2-5H,8-9H2,1H3;1H2. The molecule has 0 amide bonds. The van der Waals surface area contributed by atoms with E-state index in [1.807, 2.05) is 31.3 Å². The zero-order valence-corrected chi connectivity index (χ0v) is 9.04. The SMILES string of the molecule is CN(SON)c1ccccc1N.S. The summed E-state index contributed by atoms with van der Waals surface area (Å²) in [4.78, 5) is 0. The fourth-order valence-corrected chi connectivity index (χ4v) is 1.25. The Morgan fingerprint density at radius 1 is 1.38 bits per heavy atom. The van der Waals surface area contributed by atoms with Crippen LogP contribution in [0.1, 0.15) is 0 Å². The third-order valence-corrected chi connectivity index (χ3v) is 1.94. The molecule has 0 spiro atoms. The molecular formula is C7H13N3OS2. The van der Waals surface area contributed by atoms with Crippen LogP contribution in [0.4, 0.5) is 11.4 Å². The molecule has 13 heavy (non-hydrogen) atoms. The van der Waals surface area contributed by atoms with Crippen LogP contribution in [0.3, 0.4) is 0 Å². The Balaban J connectivity index is 0.00000144. The molecule has 1 aromatic carbocycles. The Labute approximate surface area is 89.0 Å². The van der Waals surface area contributed by atoms with Crippen LogP contribution in [-0.2, 0) is 4.28 Å². The van der Waals surface area contributed by atoms with Gasteiger partial charge in [-0.25, -0.2) is 10.2 Å². The predicted molar refractivity (Wildman–Crippen MR) is 62.5 cm³/mol. The summed E-state index contributed by atoms with van der Waals surface area (Å²) in [5, 5.41) is 0. The molecule has 0 saturated heterocycles. The van der Waals surface area contributed by atoms with E-state index in [0.29, 0.717) is 5.69 Å². The van der Waals surface area contributed by atoms with Gasteiger partial charge in [0.1, 0.15) is 12.2 Å². The Morgan fingerprint density at radius 3 is 2.54 bits per heavy atom. The molecule has 6 heteroatoms. The number of hydrogen-bond acceptors (Lipinski definition) is 5. The van der Waals surface area contributed by atoms with Crippen molar-refractivity contribution in [2.24, 2.45) is 5.90 Å². The Bertz CT molecular complexity index is 259. The lowest BCUT2D eigenvalue weighted by Crippen LogP contribution is -2.10. The molecule has 4 N–H and O–H groups in total. The molecule has 0 aliphatic rings. The molecule has 0 aromatic heterocycles. The molecule has 0 aliphatic heterocycles. The van der Waals surface area contributed by atoms with Gasteiger partial charge in [0.15, 0.2) is 0 Å². The largest absolute Gasteiger partial charge is 0.397 e. The average Bonchev–Trinajstić information content (AvgIpc) is 2.05. The summed E-state index contributed by atoms with van der Waals surface area (Å²) in [5.74, 6) is 4.90. The highest BCUT2D eigenvalue weighted by molar-refractivity contribution is 7.96. The number of nitrogens with two attached hydrogens (primary N) is 2. The van der Waals surface area contributed by atoms with Gasteiger partial charge >= 0.3 is 0 Å². The molecule has 0 atom stereocenters. The number of para-hydroxylation sites is 2. The maximum Gasteiger partial charge on any atom is 0.135 e. The first-order valence-electron chi connectivity index (χ1n) is 3.37. The highest BCUT2D eigenvalue weighted by Gasteiger charge is 2.03. The Hall–Kier alpha value is -0.560. The van der Waals surface area contributed by atoms with Crippen molar-refractivity contribution >= 4 is 37.1 Å². The Kier molecular flexibility index (Phi) is 5.72. The molecular weight excluding hydrogens is 206 g/mol. The van der Waals surface area contributed by atoms with Crippen molar-refractivity contribution in [3.8, 4) is 0 Å². The van der Waals surface area contributed by atoms with Crippen LogP contribution in [0, 0.1) is 0 Å². The van der Waals surface area contributed by atoms with Crippen LogP contribution < -0.4 is 15.9 Å². The van der Waals surface area contributed by atoms with Gasteiger partial charge in [-0.15, -0.1) is 0 Å². The van der Waals surface area contributed by atoms with Crippen molar-refractivity contribution in [3.63, 3.8) is 0 Å². The van der Waals surface area contributed by atoms with E-state index in [0.717, 1.165) is 17.9 Å². The number of rotatable bonds is 3. The second-order valence-corrected chi connectivity index (χ2v) is 3.12. The van der Waals surface area contributed by atoms with Crippen LogP contribution in [0.2, 0.25) is 0 Å². The monoisotopic (exact) mass is 219 g/mol. The zero-order chi connectivity index (χ0) is 8.97. The normalized spacial score (nSPS) is 9.08. The van der Waals surface area contributed by atoms with E-state index in [1.165, 1.54) is 0 Å². The van der Waals surface area contributed by atoms with Crippen molar-refractivity contribution in [1.82, 2.24) is 0 Å². The molecule has 1 aromatic rings. The molecule has 0 unspecified atom stereocenters. The van der Waals surface area contributed by atoms with E-state index in [-0.39, 0.29) is 13.5 Å². The molecule has 74 valence electrons. The van der Waals surface area contributed by atoms with Crippen molar-refractivity contribution in [2.75, 3.05) is 17.1 Å². The highest BCUT2D eigenvalue weighted by Crippen LogP contribution is 2.25. The lowest BCUT2D eigenvalue weighted by Gasteiger charge is -2.16. The second kappa shape index (κ2) is 5.98. The zero-order valence-electron chi connectivity index (χ0n) is 7.23. The summed E-state index contributed by atoms with van der Waals surface area (Å²) in [6.45, 7) is 0. The molecule has 0 bridgehead atoms. The number of hydrogen-bond donors (Lipinski definition) is 2. The van der Waals surface area contributed by atoms with E-state index in [1.54, 1.807) is 4.31 Å². The quantitative estimate of drug-likeness (QED) is 0.347. The van der Waals surface area contributed by atoms with Crippen molar-refractivity contribution in [2.45, 2.75) is 0 Å². The van der Waals surface area contributed by atoms with Crippen LogP contribution in [0.15, 0.2) is 24.3 Å². The third-order valence-electron chi connectivity index (χ3n) is 1.43. The molecule has 0 fully saturated rings. The molecule has 1 rings (SSSR count). The van der Waals surface area contributed by atoms with Gasteiger partial charge in [0.2, 0.25) is 0 Å². The smallest absolute Gasteiger partial charge is 0.135 e. The maximum absolute atomic E-state index is 5.70. The summed E-state index contributed by atoms with van der Waals surface area (Å²) in [7, 11) is 1.82. The van der Waals surface area contributed by atoms with E-state index in [9.17, 15) is 0 Å². The summed E-state index contributed by atoms with van der Waals surface area (Å²) >= 11 is 1.03. The predicted octanol–water partition coefficient (Wildman–Crippen LogP) is 1.27. The maximum atomic E-state index is 5.70. The molecule has 0 saturated carbocycles. The first kappa shape index (κ1) is 12.4. The van der Waals surface area contributed by atoms with E-state index < -0.39 is 0 Å². The van der Waals surface area contributed by atoms with Gasteiger partial charge in [0.05, 0.1) is 11.4 Å². The van der Waals surface area contributed by atoms with Crippen molar-refractivity contribution in [3.05, 3.63) is 24.3 Å². The van der Waals surface area contributed by atoms with Gasteiger partial charge in [-0.05, 0) is 12.1 Å². The van der Waals surface area contributed by atoms with Crippen molar-refractivity contribution < 1.29 is 4.28 Å². The van der Waals surface area contributed by atoms with Gasteiger partial charge in [0.25, 0.3) is 0 Å². The lowest BCUT2D eigenvalue weighted by molar-refractivity contribution is 0.397. The van der Waals surface area contributed by atoms with E-state index in [4.69, 9.17) is 11.6 Å². The first-order chi connectivity index (χ1) is 5.75. The second-order valence-electron chi connectivity index (χ2n) is 2.23. The lowest BCUT2D eigenvalue weighted by atomic mass is 10.3. The van der Waals surface area contributed by atoms with Gasteiger partial charge in [0, 0.05) is 7.05 Å². The molecule has 0 heterocycles. The van der Waals surface area contributed by atoms with Crippen LogP contribution in [0.5, 0.6) is 0 Å². The minimum atomic E-state index is 0. The first-order valence-corrected chi connectivity index (χ1v) is 4.07. The summed E-state index contributed by atoms with van der Waals surface area (Å²) in [5.41, 5.74) is 7.28. The fraction of sp³-hybridized carbons (Fsp3) is 0.143. The highest BCUT2D eigenvalue weighted by atomic mass is 32.2. The number of nitrogens with zero attached hydrogens (tertiary/aromatic N) is 1. The van der Waals surface area contributed by atoms with Gasteiger partial charge < -0.3 is 5.73 Å². The van der Waals surface area contributed by atoms with Crippen LogP contribution in [0.25, 0.3) is 0 Å². The molecule has 0 aliphatic carbocycles. The fourth-order valence-electron chi connectivity index (χ4n) is 0.879. The average molecular weight is 219 g/mol. The topological polar surface area (TPSA) is 64.5 Å². The molecule has 0 radical (unpaired) electrons. The number of anilines is 2. The molecule has 4 nitrogen and oxygen atoms in total. The third kappa shape index (κ3) is 3.35. The van der Waals surface area contributed by atoms with Crippen LogP contribution >= 0.6 is 25.7 Å². The Morgan fingerprint density at radius 2 is 2.00 bits per heavy atom. The van der Waals surface area contributed by atoms with Gasteiger partial charge in [-0.2, -0.15) is 13.5 Å². The summed E-state index contributed by atoms with van der Waals surface area (Å²) < 4.78 is 6.15. The number of nitrogen functional groups attached to an aromatic ring is 1. The van der Waals surface area contributed by atoms with E-state index in [2.05, 4.69) is 4.28 Å². The minimum absolute atomic E-state index is 0. The van der Waals surface area contributed by atoms with Crippen molar-refractivity contribution in [1.29, 1.82) is 0 Å².